The summed E-state index contributed by atoms with van der Waals surface area (Å²) in [6.45, 7) is 2.95. The van der Waals surface area contributed by atoms with Crippen LogP contribution >= 0.6 is 0 Å². The zero-order valence-corrected chi connectivity index (χ0v) is 11.6. The molecular weight excluding hydrogens is 242 g/mol. The quantitative estimate of drug-likeness (QED) is 0.831. The Balaban J connectivity index is 1.91. The number of anilines is 1. The molecule has 2 rings (SSSR count). The van der Waals surface area contributed by atoms with Crippen molar-refractivity contribution in [1.29, 1.82) is 0 Å². The Morgan fingerprint density at radius 2 is 2.21 bits per heavy atom. The fourth-order valence-electron chi connectivity index (χ4n) is 2.72. The van der Waals surface area contributed by atoms with Crippen molar-refractivity contribution in [2.24, 2.45) is 5.92 Å². The van der Waals surface area contributed by atoms with Crippen LogP contribution in [0.1, 0.15) is 55.9 Å². The molecule has 1 heterocycles. The number of carbonyl (C=O) groups excluding carboxylic acids is 1. The fourth-order valence-corrected chi connectivity index (χ4v) is 2.72. The SMILES string of the molecule is CCOC(=O)c1ncn(CCC2CCCCC2)c1N. The second-order valence-corrected chi connectivity index (χ2v) is 5.18. The molecule has 1 aromatic heterocycles. The molecule has 2 N–H and O–H groups in total. The highest BCUT2D eigenvalue weighted by Crippen LogP contribution is 2.27. The molecule has 5 nitrogen and oxygen atoms in total. The molecule has 1 fully saturated rings. The van der Waals surface area contributed by atoms with Gasteiger partial charge in [0.15, 0.2) is 5.69 Å². The molecule has 0 radical (unpaired) electrons. The fraction of sp³-hybridized carbons (Fsp3) is 0.714. The summed E-state index contributed by atoms with van der Waals surface area (Å²) in [4.78, 5) is 15.7. The first-order valence-electron chi connectivity index (χ1n) is 7.20. The van der Waals surface area contributed by atoms with E-state index in [9.17, 15) is 4.79 Å². The number of imidazole rings is 1. The van der Waals surface area contributed by atoms with Crippen LogP contribution in [0.5, 0.6) is 0 Å². The third-order valence-electron chi connectivity index (χ3n) is 3.85. The largest absolute Gasteiger partial charge is 0.461 e. The highest BCUT2D eigenvalue weighted by molar-refractivity contribution is 5.92. The van der Waals surface area contributed by atoms with Crippen molar-refractivity contribution in [2.75, 3.05) is 12.3 Å². The van der Waals surface area contributed by atoms with Gasteiger partial charge in [-0.25, -0.2) is 9.78 Å². The van der Waals surface area contributed by atoms with Crippen LogP contribution < -0.4 is 5.73 Å². The van der Waals surface area contributed by atoms with E-state index in [1.165, 1.54) is 32.1 Å². The smallest absolute Gasteiger partial charge is 0.360 e. The van der Waals surface area contributed by atoms with E-state index in [1.54, 1.807) is 13.3 Å². The first-order valence-corrected chi connectivity index (χ1v) is 7.20. The van der Waals surface area contributed by atoms with Gasteiger partial charge < -0.3 is 15.0 Å². The van der Waals surface area contributed by atoms with E-state index in [2.05, 4.69) is 4.98 Å². The summed E-state index contributed by atoms with van der Waals surface area (Å²) in [5, 5.41) is 0. The number of esters is 1. The average Bonchev–Trinajstić information content (AvgIpc) is 2.79. The van der Waals surface area contributed by atoms with Gasteiger partial charge in [-0.15, -0.1) is 0 Å². The molecule has 1 saturated carbocycles. The Morgan fingerprint density at radius 1 is 1.47 bits per heavy atom. The van der Waals surface area contributed by atoms with Gasteiger partial charge in [0, 0.05) is 6.54 Å². The molecule has 0 atom stereocenters. The highest BCUT2D eigenvalue weighted by atomic mass is 16.5. The minimum Gasteiger partial charge on any atom is -0.461 e. The molecule has 1 aromatic rings. The number of ether oxygens (including phenoxy) is 1. The number of nitrogens with zero attached hydrogens (tertiary/aromatic N) is 2. The Labute approximate surface area is 114 Å². The molecule has 19 heavy (non-hydrogen) atoms. The van der Waals surface area contributed by atoms with Crippen LogP contribution in [0.25, 0.3) is 0 Å². The maximum Gasteiger partial charge on any atom is 0.360 e. The molecule has 1 aliphatic rings. The molecule has 0 saturated heterocycles. The van der Waals surface area contributed by atoms with E-state index < -0.39 is 5.97 Å². The van der Waals surface area contributed by atoms with Gasteiger partial charge in [0.05, 0.1) is 12.9 Å². The lowest BCUT2D eigenvalue weighted by Gasteiger charge is -2.21. The minimum absolute atomic E-state index is 0.241. The van der Waals surface area contributed by atoms with Gasteiger partial charge >= 0.3 is 5.97 Å². The Bertz CT molecular complexity index is 422. The lowest BCUT2D eigenvalue weighted by Crippen LogP contribution is -2.12. The number of nitrogen functional groups attached to an aromatic ring is 1. The monoisotopic (exact) mass is 265 g/mol. The molecule has 106 valence electrons. The van der Waals surface area contributed by atoms with E-state index >= 15 is 0 Å². The predicted octanol–water partition coefficient (Wildman–Crippen LogP) is 2.61. The number of carbonyl (C=O) groups is 1. The normalized spacial score (nSPS) is 16.5. The standard InChI is InChI=1S/C14H23N3O2/c1-2-19-14(18)12-13(15)17(10-16-12)9-8-11-6-4-3-5-7-11/h10-11H,2-9,15H2,1H3. The third kappa shape index (κ3) is 3.49. The topological polar surface area (TPSA) is 70.1 Å². The molecule has 1 aliphatic carbocycles. The van der Waals surface area contributed by atoms with Gasteiger partial charge in [0.2, 0.25) is 0 Å². The van der Waals surface area contributed by atoms with Gasteiger partial charge in [-0.1, -0.05) is 32.1 Å². The zero-order chi connectivity index (χ0) is 13.7. The molecule has 0 aromatic carbocycles. The van der Waals surface area contributed by atoms with Crippen molar-refractivity contribution < 1.29 is 9.53 Å². The number of hydrogen-bond donors (Lipinski definition) is 1. The number of nitrogens with two attached hydrogens (primary N) is 1. The van der Waals surface area contributed by atoms with E-state index in [-0.39, 0.29) is 5.69 Å². The van der Waals surface area contributed by atoms with Crippen LogP contribution in [-0.4, -0.2) is 22.1 Å². The maximum atomic E-state index is 11.6. The van der Waals surface area contributed by atoms with Gasteiger partial charge in [-0.3, -0.25) is 0 Å². The Kier molecular flexibility index (Phi) is 4.82. The summed E-state index contributed by atoms with van der Waals surface area (Å²) in [5.41, 5.74) is 6.19. The van der Waals surface area contributed by atoms with Gasteiger partial charge in [-0.05, 0) is 19.3 Å². The molecule has 0 spiro atoms. The van der Waals surface area contributed by atoms with Crippen LogP contribution in [-0.2, 0) is 11.3 Å². The van der Waals surface area contributed by atoms with E-state index in [4.69, 9.17) is 10.5 Å². The zero-order valence-electron chi connectivity index (χ0n) is 11.6. The summed E-state index contributed by atoms with van der Waals surface area (Å²) >= 11 is 0. The summed E-state index contributed by atoms with van der Waals surface area (Å²) in [6, 6.07) is 0. The highest BCUT2D eigenvalue weighted by Gasteiger charge is 2.18. The van der Waals surface area contributed by atoms with Crippen molar-refractivity contribution in [2.45, 2.75) is 52.0 Å². The summed E-state index contributed by atoms with van der Waals surface area (Å²) in [7, 11) is 0. The van der Waals surface area contributed by atoms with Crippen molar-refractivity contribution >= 4 is 11.8 Å². The summed E-state index contributed by atoms with van der Waals surface area (Å²) in [6.07, 6.45) is 9.46. The Morgan fingerprint density at radius 3 is 2.89 bits per heavy atom. The van der Waals surface area contributed by atoms with Crippen molar-refractivity contribution in [3.05, 3.63) is 12.0 Å². The minimum atomic E-state index is -0.434. The number of hydrogen-bond acceptors (Lipinski definition) is 4. The molecule has 0 unspecified atom stereocenters. The number of aromatic nitrogens is 2. The van der Waals surface area contributed by atoms with Crippen LogP contribution in [0.15, 0.2) is 6.33 Å². The molecular formula is C14H23N3O2. The lowest BCUT2D eigenvalue weighted by molar-refractivity contribution is 0.0521. The second kappa shape index (κ2) is 6.59. The molecule has 0 aliphatic heterocycles. The van der Waals surface area contributed by atoms with Crippen LogP contribution in [0.4, 0.5) is 5.82 Å². The summed E-state index contributed by atoms with van der Waals surface area (Å²) < 4.78 is 6.78. The van der Waals surface area contributed by atoms with Crippen molar-refractivity contribution in [3.63, 3.8) is 0 Å². The Hall–Kier alpha value is -1.52. The van der Waals surface area contributed by atoms with E-state index in [0.29, 0.717) is 12.4 Å². The first-order chi connectivity index (χ1) is 9.22. The molecule has 0 bridgehead atoms. The van der Waals surface area contributed by atoms with Crippen LogP contribution in [0.2, 0.25) is 0 Å². The number of rotatable bonds is 5. The second-order valence-electron chi connectivity index (χ2n) is 5.18. The molecule has 0 amide bonds. The van der Waals surface area contributed by atoms with Crippen LogP contribution in [0, 0.1) is 5.92 Å². The lowest BCUT2D eigenvalue weighted by atomic mass is 9.87. The van der Waals surface area contributed by atoms with Gasteiger partial charge in [-0.2, -0.15) is 0 Å². The van der Waals surface area contributed by atoms with E-state index in [0.717, 1.165) is 18.9 Å². The third-order valence-corrected chi connectivity index (χ3v) is 3.85. The molecule has 5 heteroatoms. The first kappa shape index (κ1) is 13.9. The van der Waals surface area contributed by atoms with Crippen LogP contribution in [0.3, 0.4) is 0 Å². The van der Waals surface area contributed by atoms with E-state index in [1.807, 2.05) is 4.57 Å². The van der Waals surface area contributed by atoms with Gasteiger partial charge in [0.1, 0.15) is 5.82 Å². The summed E-state index contributed by atoms with van der Waals surface area (Å²) in [5.74, 6) is 0.785. The van der Waals surface area contributed by atoms with Crippen molar-refractivity contribution in [1.82, 2.24) is 9.55 Å². The number of aryl methyl sites for hydroxylation is 1. The van der Waals surface area contributed by atoms with Gasteiger partial charge in [0.25, 0.3) is 0 Å². The van der Waals surface area contributed by atoms with Crippen molar-refractivity contribution in [3.8, 4) is 0 Å². The maximum absolute atomic E-state index is 11.6. The predicted molar refractivity (Wildman–Crippen MR) is 73.8 cm³/mol. The average molecular weight is 265 g/mol.